The minimum Gasteiger partial charge on any atom is -0.367 e. The number of carbonyl (C=O) groups is 1. The quantitative estimate of drug-likeness (QED) is 0.573. The molecule has 0 saturated carbocycles. The first-order valence-electron chi connectivity index (χ1n) is 5.24. The van der Waals surface area contributed by atoms with Crippen molar-refractivity contribution >= 4 is 18.1 Å². The van der Waals surface area contributed by atoms with E-state index in [1.165, 1.54) is 30.5 Å². The van der Waals surface area contributed by atoms with Crippen LogP contribution in [0.3, 0.4) is 0 Å². The first-order valence-corrected chi connectivity index (χ1v) is 5.24. The molecular formula is C10H10FN7O. The van der Waals surface area contributed by atoms with Gasteiger partial charge < -0.3 is 5.73 Å². The fourth-order valence-corrected chi connectivity index (χ4v) is 1.22. The zero-order valence-corrected chi connectivity index (χ0v) is 9.69. The molecule has 0 aliphatic rings. The van der Waals surface area contributed by atoms with E-state index in [1.807, 2.05) is 0 Å². The van der Waals surface area contributed by atoms with E-state index < -0.39 is 5.91 Å². The summed E-state index contributed by atoms with van der Waals surface area (Å²) in [6, 6.07) is 5.66. The average Bonchev–Trinajstić information content (AvgIpc) is 2.78. The molecule has 19 heavy (non-hydrogen) atoms. The van der Waals surface area contributed by atoms with Crippen molar-refractivity contribution in [1.29, 1.82) is 0 Å². The van der Waals surface area contributed by atoms with Gasteiger partial charge in [-0.05, 0) is 28.1 Å². The van der Waals surface area contributed by atoms with Crippen LogP contribution >= 0.6 is 0 Å². The summed E-state index contributed by atoms with van der Waals surface area (Å²) in [6.45, 7) is -0.139. The Morgan fingerprint density at radius 1 is 1.47 bits per heavy atom. The number of benzene rings is 1. The highest BCUT2D eigenvalue weighted by atomic mass is 19.1. The Balaban J connectivity index is 1.86. The largest absolute Gasteiger partial charge is 0.367 e. The minimum atomic E-state index is -0.433. The molecule has 1 heterocycles. The normalized spacial score (nSPS) is 10.8. The molecule has 8 nitrogen and oxygen atoms in total. The molecule has 1 aromatic heterocycles. The lowest BCUT2D eigenvalue weighted by molar-refractivity contribution is -0.121. The Morgan fingerprint density at radius 3 is 2.84 bits per heavy atom. The molecule has 2 aromatic rings. The first-order chi connectivity index (χ1) is 9.15. The number of hydrogen-bond donors (Lipinski definition) is 2. The van der Waals surface area contributed by atoms with Crippen LogP contribution in [0, 0.1) is 5.82 Å². The van der Waals surface area contributed by atoms with Gasteiger partial charge in [-0.2, -0.15) is 5.10 Å². The second-order valence-electron chi connectivity index (χ2n) is 3.54. The molecule has 3 N–H and O–H groups in total. The van der Waals surface area contributed by atoms with Gasteiger partial charge in [0.2, 0.25) is 5.95 Å². The molecule has 2 rings (SSSR count). The second-order valence-corrected chi connectivity index (χ2v) is 3.54. The van der Waals surface area contributed by atoms with Gasteiger partial charge in [-0.1, -0.05) is 17.2 Å². The molecule has 1 aromatic carbocycles. The van der Waals surface area contributed by atoms with Crippen molar-refractivity contribution in [3.8, 4) is 0 Å². The molecule has 0 atom stereocenters. The van der Waals surface area contributed by atoms with Gasteiger partial charge in [0.05, 0.1) is 6.21 Å². The van der Waals surface area contributed by atoms with Crippen molar-refractivity contribution < 1.29 is 9.18 Å². The molecule has 0 bridgehead atoms. The summed E-state index contributed by atoms with van der Waals surface area (Å²) in [5.74, 6) is -0.731. The van der Waals surface area contributed by atoms with Crippen molar-refractivity contribution in [2.75, 3.05) is 5.73 Å². The summed E-state index contributed by atoms with van der Waals surface area (Å²) in [5, 5.41) is 13.9. The molecule has 0 aliphatic heterocycles. The van der Waals surface area contributed by atoms with Crippen molar-refractivity contribution in [2.45, 2.75) is 6.54 Å². The van der Waals surface area contributed by atoms with Gasteiger partial charge in [0.1, 0.15) is 12.4 Å². The molecule has 98 valence electrons. The third-order valence-electron chi connectivity index (χ3n) is 2.13. The van der Waals surface area contributed by atoms with Gasteiger partial charge in [-0.25, -0.2) is 14.5 Å². The summed E-state index contributed by atoms with van der Waals surface area (Å²) in [5.41, 5.74) is 8.33. The van der Waals surface area contributed by atoms with Crippen LogP contribution < -0.4 is 11.2 Å². The standard InChI is InChI=1S/C10H10FN7O/c11-8-3-1-7(2-4-8)5-13-14-9(19)6-18-10(12)15-16-17-18/h1-5H,6H2,(H,14,19)(H2,12,15,17)/b13-5-. The number of hydrogen-bond acceptors (Lipinski definition) is 6. The van der Waals surface area contributed by atoms with E-state index in [2.05, 4.69) is 26.1 Å². The molecular weight excluding hydrogens is 253 g/mol. The summed E-state index contributed by atoms with van der Waals surface area (Å²) in [7, 11) is 0. The fraction of sp³-hybridized carbons (Fsp3) is 0.100. The van der Waals surface area contributed by atoms with E-state index in [0.717, 1.165) is 4.68 Å². The maximum Gasteiger partial charge on any atom is 0.261 e. The number of rotatable bonds is 4. The number of halogens is 1. The molecule has 0 spiro atoms. The number of nitrogens with two attached hydrogens (primary N) is 1. The van der Waals surface area contributed by atoms with Crippen molar-refractivity contribution in [2.24, 2.45) is 5.10 Å². The van der Waals surface area contributed by atoms with Gasteiger partial charge >= 0.3 is 0 Å². The van der Waals surface area contributed by atoms with Crippen LogP contribution in [0.2, 0.25) is 0 Å². The first kappa shape index (κ1) is 12.6. The number of aromatic nitrogens is 4. The number of nitrogens with one attached hydrogen (secondary N) is 1. The van der Waals surface area contributed by atoms with Crippen molar-refractivity contribution in [1.82, 2.24) is 25.6 Å². The number of nitrogen functional groups attached to an aromatic ring is 1. The number of tetrazole rings is 1. The maximum atomic E-state index is 12.6. The monoisotopic (exact) mass is 263 g/mol. The van der Waals surface area contributed by atoms with Crippen LogP contribution in [-0.4, -0.2) is 32.3 Å². The van der Waals surface area contributed by atoms with Gasteiger partial charge in [-0.3, -0.25) is 4.79 Å². The van der Waals surface area contributed by atoms with E-state index in [-0.39, 0.29) is 18.3 Å². The molecule has 1 amide bonds. The van der Waals surface area contributed by atoms with Gasteiger partial charge in [-0.15, -0.1) is 0 Å². The van der Waals surface area contributed by atoms with Gasteiger partial charge in [0.25, 0.3) is 5.91 Å². The van der Waals surface area contributed by atoms with E-state index in [1.54, 1.807) is 0 Å². The fourth-order valence-electron chi connectivity index (χ4n) is 1.22. The minimum absolute atomic E-state index is 0.0395. The lowest BCUT2D eigenvalue weighted by Crippen LogP contribution is -2.24. The molecule has 0 aliphatic carbocycles. The van der Waals surface area contributed by atoms with E-state index >= 15 is 0 Å². The lowest BCUT2D eigenvalue weighted by atomic mass is 10.2. The van der Waals surface area contributed by atoms with Crippen molar-refractivity contribution in [3.05, 3.63) is 35.6 Å². The van der Waals surface area contributed by atoms with E-state index in [0.29, 0.717) is 5.56 Å². The number of anilines is 1. The van der Waals surface area contributed by atoms with E-state index in [4.69, 9.17) is 5.73 Å². The highest BCUT2D eigenvalue weighted by molar-refractivity contribution is 5.82. The molecule has 9 heteroatoms. The topological polar surface area (TPSA) is 111 Å². The van der Waals surface area contributed by atoms with Gasteiger partial charge in [0, 0.05) is 0 Å². The Morgan fingerprint density at radius 2 is 2.21 bits per heavy atom. The number of carbonyl (C=O) groups excluding carboxylic acids is 1. The third-order valence-corrected chi connectivity index (χ3v) is 2.13. The summed E-state index contributed by atoms with van der Waals surface area (Å²) in [4.78, 5) is 11.5. The number of nitrogens with zero attached hydrogens (tertiary/aromatic N) is 5. The highest BCUT2D eigenvalue weighted by Gasteiger charge is 2.06. The predicted octanol–water partition coefficient (Wildman–Crippen LogP) is -0.455. The highest BCUT2D eigenvalue weighted by Crippen LogP contribution is 1.99. The van der Waals surface area contributed by atoms with Crippen LogP contribution in [0.15, 0.2) is 29.4 Å². The number of hydrazone groups is 1. The van der Waals surface area contributed by atoms with Crippen LogP contribution in [-0.2, 0) is 11.3 Å². The van der Waals surface area contributed by atoms with E-state index in [9.17, 15) is 9.18 Å². The Hall–Kier alpha value is -2.84. The summed E-state index contributed by atoms with van der Waals surface area (Å²) < 4.78 is 13.8. The molecule has 0 radical (unpaired) electrons. The average molecular weight is 263 g/mol. The SMILES string of the molecule is Nc1nnnn1CC(=O)N/N=C\c1ccc(F)cc1. The van der Waals surface area contributed by atoms with Crippen molar-refractivity contribution in [3.63, 3.8) is 0 Å². The molecule has 0 saturated heterocycles. The lowest BCUT2D eigenvalue weighted by Gasteiger charge is -1.99. The predicted molar refractivity (Wildman–Crippen MR) is 64.4 cm³/mol. The Bertz CT molecular complexity index is 592. The van der Waals surface area contributed by atoms with Crippen LogP contribution in [0.1, 0.15) is 5.56 Å². The zero-order valence-electron chi connectivity index (χ0n) is 9.69. The van der Waals surface area contributed by atoms with Crippen LogP contribution in [0.4, 0.5) is 10.3 Å². The smallest absolute Gasteiger partial charge is 0.261 e. The van der Waals surface area contributed by atoms with Crippen LogP contribution in [0.5, 0.6) is 0 Å². The zero-order chi connectivity index (χ0) is 13.7. The Kier molecular flexibility index (Phi) is 3.76. The molecule has 0 fully saturated rings. The molecule has 0 unspecified atom stereocenters. The summed E-state index contributed by atoms with van der Waals surface area (Å²) >= 11 is 0. The van der Waals surface area contributed by atoms with Crippen LogP contribution in [0.25, 0.3) is 0 Å². The summed E-state index contributed by atoms with van der Waals surface area (Å²) in [6.07, 6.45) is 1.39. The third kappa shape index (κ3) is 3.56. The van der Waals surface area contributed by atoms with Gasteiger partial charge in [0.15, 0.2) is 0 Å². The Labute approximate surface area is 107 Å². The number of amides is 1. The second kappa shape index (κ2) is 5.67. The maximum absolute atomic E-state index is 12.6.